The van der Waals surface area contributed by atoms with Gasteiger partial charge in [0.05, 0.1) is 12.0 Å². The topological polar surface area (TPSA) is 30.3 Å². The van der Waals surface area contributed by atoms with Crippen molar-refractivity contribution in [1.29, 1.82) is 5.26 Å². The molecule has 0 spiro atoms. The first-order valence-corrected chi connectivity index (χ1v) is 6.33. The highest BCUT2D eigenvalue weighted by atomic mass is 15.2. The van der Waals surface area contributed by atoms with E-state index in [-0.39, 0.29) is 5.92 Å². The van der Waals surface area contributed by atoms with E-state index in [1.807, 2.05) is 0 Å². The Balaban J connectivity index is 2.40. The molecule has 0 amide bonds. The van der Waals surface area contributed by atoms with Gasteiger partial charge in [-0.1, -0.05) is 13.8 Å². The Morgan fingerprint density at radius 1 is 1.38 bits per heavy atom. The maximum atomic E-state index is 9.10. The maximum Gasteiger partial charge on any atom is 0.0672 e. The number of nitrogens with zero attached hydrogens (tertiary/aromatic N) is 3. The average Bonchev–Trinajstić information content (AvgIpc) is 2.26. The fourth-order valence-electron chi connectivity index (χ4n) is 2.30. The zero-order chi connectivity index (χ0) is 12.1. The first-order chi connectivity index (χ1) is 7.54. The van der Waals surface area contributed by atoms with Gasteiger partial charge in [0.15, 0.2) is 0 Å². The fourth-order valence-corrected chi connectivity index (χ4v) is 2.30. The second kappa shape index (κ2) is 6.22. The van der Waals surface area contributed by atoms with E-state index in [0.29, 0.717) is 12.0 Å². The Kier molecular flexibility index (Phi) is 5.24. The summed E-state index contributed by atoms with van der Waals surface area (Å²) in [4.78, 5) is 4.77. The highest BCUT2D eigenvalue weighted by Gasteiger charge is 2.23. The monoisotopic (exact) mass is 223 g/mol. The van der Waals surface area contributed by atoms with E-state index in [4.69, 9.17) is 5.26 Å². The molecule has 92 valence electrons. The molecule has 0 aliphatic carbocycles. The van der Waals surface area contributed by atoms with Gasteiger partial charge in [-0.15, -0.1) is 0 Å². The van der Waals surface area contributed by atoms with Crippen LogP contribution >= 0.6 is 0 Å². The lowest BCUT2D eigenvalue weighted by molar-refractivity contribution is 0.129. The Bertz CT molecular complexity index is 236. The summed E-state index contributed by atoms with van der Waals surface area (Å²) in [7, 11) is 4.35. The normalized spacial score (nSPS) is 21.3. The molecule has 0 aromatic carbocycles. The zero-order valence-corrected chi connectivity index (χ0v) is 11.1. The van der Waals surface area contributed by atoms with Crippen LogP contribution < -0.4 is 0 Å². The van der Waals surface area contributed by atoms with Gasteiger partial charge in [0.1, 0.15) is 0 Å². The van der Waals surface area contributed by atoms with Crippen LogP contribution in [0.3, 0.4) is 0 Å². The summed E-state index contributed by atoms with van der Waals surface area (Å²) in [5.74, 6) is 0.628. The minimum absolute atomic E-state index is 0.171. The summed E-state index contributed by atoms with van der Waals surface area (Å²) in [6, 6.07) is 3.10. The van der Waals surface area contributed by atoms with Crippen molar-refractivity contribution < 1.29 is 0 Å². The van der Waals surface area contributed by atoms with E-state index in [1.54, 1.807) is 0 Å². The first-order valence-electron chi connectivity index (χ1n) is 6.33. The van der Waals surface area contributed by atoms with Gasteiger partial charge in [0, 0.05) is 12.6 Å². The lowest BCUT2D eigenvalue weighted by atomic mass is 9.95. The minimum Gasteiger partial charge on any atom is -0.306 e. The van der Waals surface area contributed by atoms with Crippen molar-refractivity contribution in [3.63, 3.8) is 0 Å². The quantitative estimate of drug-likeness (QED) is 0.728. The van der Waals surface area contributed by atoms with Gasteiger partial charge in [-0.3, -0.25) is 0 Å². The zero-order valence-electron chi connectivity index (χ0n) is 11.1. The molecule has 1 unspecified atom stereocenters. The second-order valence-corrected chi connectivity index (χ2v) is 5.45. The SMILES string of the molecule is CC(C)C(C#N)CN(C)C1CCN(C)CC1. The van der Waals surface area contributed by atoms with Crippen molar-refractivity contribution in [2.75, 3.05) is 33.7 Å². The summed E-state index contributed by atoms with van der Waals surface area (Å²) >= 11 is 0. The van der Waals surface area contributed by atoms with E-state index in [9.17, 15) is 0 Å². The largest absolute Gasteiger partial charge is 0.306 e. The van der Waals surface area contributed by atoms with E-state index in [2.05, 4.69) is 43.8 Å². The van der Waals surface area contributed by atoms with Crippen molar-refractivity contribution in [2.24, 2.45) is 11.8 Å². The molecular weight excluding hydrogens is 198 g/mol. The maximum absolute atomic E-state index is 9.10. The van der Waals surface area contributed by atoms with Crippen molar-refractivity contribution >= 4 is 0 Å². The fraction of sp³-hybridized carbons (Fsp3) is 0.923. The third-order valence-electron chi connectivity index (χ3n) is 3.77. The van der Waals surface area contributed by atoms with Crippen LogP contribution in [-0.2, 0) is 0 Å². The number of piperidine rings is 1. The van der Waals surface area contributed by atoms with Crippen LogP contribution in [0.15, 0.2) is 0 Å². The molecule has 1 aliphatic rings. The van der Waals surface area contributed by atoms with Gasteiger partial charge in [0.25, 0.3) is 0 Å². The lowest BCUT2D eigenvalue weighted by Gasteiger charge is -2.36. The molecule has 1 atom stereocenters. The molecule has 1 heterocycles. The molecular formula is C13H25N3. The summed E-state index contributed by atoms with van der Waals surface area (Å²) in [6.45, 7) is 7.57. The van der Waals surface area contributed by atoms with Crippen LogP contribution in [0.4, 0.5) is 0 Å². The minimum atomic E-state index is 0.171. The van der Waals surface area contributed by atoms with Crippen LogP contribution in [0.5, 0.6) is 0 Å². The van der Waals surface area contributed by atoms with E-state index < -0.39 is 0 Å². The van der Waals surface area contributed by atoms with Gasteiger partial charge in [0.2, 0.25) is 0 Å². The molecule has 1 saturated heterocycles. The average molecular weight is 223 g/mol. The number of hydrogen-bond donors (Lipinski definition) is 0. The molecule has 3 nitrogen and oxygen atoms in total. The number of rotatable bonds is 4. The van der Waals surface area contributed by atoms with Crippen LogP contribution in [0.1, 0.15) is 26.7 Å². The van der Waals surface area contributed by atoms with Crippen molar-refractivity contribution in [3.05, 3.63) is 0 Å². The summed E-state index contributed by atoms with van der Waals surface area (Å²) in [5.41, 5.74) is 0. The van der Waals surface area contributed by atoms with Gasteiger partial charge >= 0.3 is 0 Å². The van der Waals surface area contributed by atoms with Gasteiger partial charge < -0.3 is 9.80 Å². The molecule has 0 aromatic heterocycles. The molecule has 0 N–H and O–H groups in total. The molecule has 0 saturated carbocycles. The van der Waals surface area contributed by atoms with Crippen molar-refractivity contribution in [2.45, 2.75) is 32.7 Å². The summed E-state index contributed by atoms with van der Waals surface area (Å²) < 4.78 is 0. The predicted molar refractivity (Wildman–Crippen MR) is 67.1 cm³/mol. The van der Waals surface area contributed by atoms with Crippen molar-refractivity contribution in [3.8, 4) is 6.07 Å². The van der Waals surface area contributed by atoms with Gasteiger partial charge in [-0.25, -0.2) is 0 Å². The molecule has 16 heavy (non-hydrogen) atoms. The molecule has 1 aliphatic heterocycles. The number of nitriles is 1. The number of hydrogen-bond acceptors (Lipinski definition) is 3. The molecule has 0 aromatic rings. The molecule has 0 radical (unpaired) electrons. The predicted octanol–water partition coefficient (Wildman–Crippen LogP) is 1.81. The van der Waals surface area contributed by atoms with Crippen molar-refractivity contribution in [1.82, 2.24) is 9.80 Å². The molecule has 3 heteroatoms. The molecule has 1 rings (SSSR count). The highest BCUT2D eigenvalue weighted by molar-refractivity contribution is 4.89. The Labute approximate surface area is 100 Å². The Morgan fingerprint density at radius 2 is 1.94 bits per heavy atom. The Hall–Kier alpha value is -0.590. The third-order valence-corrected chi connectivity index (χ3v) is 3.77. The second-order valence-electron chi connectivity index (χ2n) is 5.45. The van der Waals surface area contributed by atoms with Crippen LogP contribution in [-0.4, -0.2) is 49.6 Å². The standard InChI is InChI=1S/C13H25N3/c1-11(2)12(9-14)10-16(4)13-5-7-15(3)8-6-13/h11-13H,5-8,10H2,1-4H3. The van der Waals surface area contributed by atoms with E-state index in [1.165, 1.54) is 25.9 Å². The smallest absolute Gasteiger partial charge is 0.0672 e. The highest BCUT2D eigenvalue weighted by Crippen LogP contribution is 2.18. The van der Waals surface area contributed by atoms with Crippen LogP contribution in [0.2, 0.25) is 0 Å². The van der Waals surface area contributed by atoms with Gasteiger partial charge in [-0.2, -0.15) is 5.26 Å². The van der Waals surface area contributed by atoms with Gasteiger partial charge in [-0.05, 0) is 45.9 Å². The van der Waals surface area contributed by atoms with E-state index >= 15 is 0 Å². The lowest BCUT2D eigenvalue weighted by Crippen LogP contribution is -2.43. The first kappa shape index (κ1) is 13.5. The number of likely N-dealkylation sites (tertiary alicyclic amines) is 1. The Morgan fingerprint density at radius 3 is 2.38 bits per heavy atom. The third kappa shape index (κ3) is 3.77. The molecule has 0 bridgehead atoms. The summed E-state index contributed by atoms with van der Waals surface area (Å²) in [5, 5.41) is 9.10. The summed E-state index contributed by atoms with van der Waals surface area (Å²) in [6.07, 6.45) is 2.48. The van der Waals surface area contributed by atoms with Crippen LogP contribution in [0, 0.1) is 23.2 Å². The molecule has 1 fully saturated rings. The van der Waals surface area contributed by atoms with Crippen LogP contribution in [0.25, 0.3) is 0 Å². The van der Waals surface area contributed by atoms with E-state index in [0.717, 1.165) is 6.54 Å².